The van der Waals surface area contributed by atoms with Gasteiger partial charge in [-0.1, -0.05) is 26.0 Å². The summed E-state index contributed by atoms with van der Waals surface area (Å²) in [6.07, 6.45) is 1.79. The summed E-state index contributed by atoms with van der Waals surface area (Å²) in [5.74, 6) is 0.891. The van der Waals surface area contributed by atoms with E-state index in [1.807, 2.05) is 12.1 Å². The zero-order valence-corrected chi connectivity index (χ0v) is 14.2. The zero-order chi connectivity index (χ0) is 14.5. The van der Waals surface area contributed by atoms with E-state index in [0.717, 1.165) is 27.9 Å². The van der Waals surface area contributed by atoms with Gasteiger partial charge in [0.2, 0.25) is 0 Å². The van der Waals surface area contributed by atoms with Crippen molar-refractivity contribution in [2.75, 3.05) is 0 Å². The molecule has 0 fully saturated rings. The van der Waals surface area contributed by atoms with Crippen LogP contribution < -0.4 is 10.5 Å². The Balaban J connectivity index is 2.23. The topological polar surface area (TPSA) is 35.2 Å². The van der Waals surface area contributed by atoms with Gasteiger partial charge in [0, 0.05) is 20.8 Å². The van der Waals surface area contributed by atoms with Gasteiger partial charge in [0.1, 0.15) is 11.9 Å². The van der Waals surface area contributed by atoms with E-state index in [-0.39, 0.29) is 12.1 Å². The highest BCUT2D eigenvalue weighted by Crippen LogP contribution is 2.32. The van der Waals surface area contributed by atoms with Crippen LogP contribution in [0.25, 0.3) is 0 Å². The molecule has 4 heteroatoms. The Morgan fingerprint density at radius 2 is 2.10 bits per heavy atom. The minimum atomic E-state index is -0.0941. The molecular formula is C16H20BrNOS. The molecule has 20 heavy (non-hydrogen) atoms. The minimum Gasteiger partial charge on any atom is -0.483 e. The molecule has 108 valence electrons. The Labute approximate surface area is 133 Å². The van der Waals surface area contributed by atoms with Crippen molar-refractivity contribution in [3.63, 3.8) is 0 Å². The van der Waals surface area contributed by atoms with Crippen LogP contribution in [0.4, 0.5) is 0 Å². The highest BCUT2D eigenvalue weighted by atomic mass is 79.9. The van der Waals surface area contributed by atoms with Crippen LogP contribution in [0.1, 0.15) is 36.8 Å². The monoisotopic (exact) mass is 353 g/mol. The summed E-state index contributed by atoms with van der Waals surface area (Å²) in [5.41, 5.74) is 7.52. The molecule has 0 amide bonds. The standard InChI is InChI=1S/C16H20BrNOS/c1-3-11-6-5-7-13(8-11)19-16(14(18)4-2)15-9-12(17)10-20-15/h5-10,14,16H,3-4,18H2,1-2H3. The molecule has 1 heterocycles. The van der Waals surface area contributed by atoms with Gasteiger partial charge in [0.15, 0.2) is 0 Å². The fourth-order valence-corrected chi connectivity index (χ4v) is 3.58. The van der Waals surface area contributed by atoms with Crippen LogP contribution in [0.2, 0.25) is 0 Å². The number of rotatable bonds is 6. The molecule has 0 radical (unpaired) electrons. The third kappa shape index (κ3) is 3.84. The SMILES string of the molecule is CCc1cccc(OC(c2cc(Br)cs2)C(N)CC)c1. The highest BCUT2D eigenvalue weighted by molar-refractivity contribution is 9.10. The smallest absolute Gasteiger partial charge is 0.148 e. The van der Waals surface area contributed by atoms with Crippen LogP contribution in [-0.4, -0.2) is 6.04 Å². The van der Waals surface area contributed by atoms with Crippen molar-refractivity contribution in [3.8, 4) is 5.75 Å². The maximum atomic E-state index is 6.24. The minimum absolute atomic E-state index is 0.00849. The molecule has 0 spiro atoms. The van der Waals surface area contributed by atoms with Crippen molar-refractivity contribution >= 4 is 27.3 Å². The maximum absolute atomic E-state index is 6.24. The van der Waals surface area contributed by atoms with Crippen LogP contribution in [0.5, 0.6) is 5.75 Å². The third-order valence-electron chi connectivity index (χ3n) is 3.30. The van der Waals surface area contributed by atoms with Gasteiger partial charge in [-0.15, -0.1) is 11.3 Å². The second kappa shape index (κ2) is 7.25. The normalized spacial score (nSPS) is 14.0. The molecular weight excluding hydrogens is 334 g/mol. The molecule has 1 aromatic carbocycles. The van der Waals surface area contributed by atoms with Gasteiger partial charge in [-0.05, 0) is 52.5 Å². The molecule has 2 N–H and O–H groups in total. The summed E-state index contributed by atoms with van der Waals surface area (Å²) in [7, 11) is 0. The van der Waals surface area contributed by atoms with Gasteiger partial charge in [0.05, 0.1) is 0 Å². The van der Waals surface area contributed by atoms with E-state index in [4.69, 9.17) is 10.5 Å². The lowest BCUT2D eigenvalue weighted by molar-refractivity contribution is 0.174. The molecule has 2 unspecified atom stereocenters. The van der Waals surface area contributed by atoms with Crippen LogP contribution in [-0.2, 0) is 6.42 Å². The fraction of sp³-hybridized carbons (Fsp3) is 0.375. The molecule has 0 aliphatic carbocycles. The number of halogens is 1. The Morgan fingerprint density at radius 1 is 1.30 bits per heavy atom. The summed E-state index contributed by atoms with van der Waals surface area (Å²) in [6.45, 7) is 4.23. The molecule has 0 aliphatic heterocycles. The molecule has 2 rings (SSSR count). The summed E-state index contributed by atoms with van der Waals surface area (Å²) in [6, 6.07) is 10.3. The molecule has 2 aromatic rings. The average Bonchev–Trinajstić information content (AvgIpc) is 2.90. The average molecular weight is 354 g/mol. The number of thiophene rings is 1. The largest absolute Gasteiger partial charge is 0.483 e. The van der Waals surface area contributed by atoms with Crippen LogP contribution in [0, 0.1) is 0 Å². The molecule has 2 atom stereocenters. The van der Waals surface area contributed by atoms with Crippen molar-refractivity contribution in [1.29, 1.82) is 0 Å². The highest BCUT2D eigenvalue weighted by Gasteiger charge is 2.22. The number of hydrogen-bond acceptors (Lipinski definition) is 3. The Morgan fingerprint density at radius 3 is 2.70 bits per heavy atom. The molecule has 2 nitrogen and oxygen atoms in total. The Hall–Kier alpha value is -0.840. The quantitative estimate of drug-likeness (QED) is 0.798. The second-order valence-corrected chi connectivity index (χ2v) is 6.64. The van der Waals surface area contributed by atoms with Crippen molar-refractivity contribution in [3.05, 3.63) is 50.6 Å². The number of aryl methyl sites for hydroxylation is 1. The molecule has 0 aliphatic rings. The van der Waals surface area contributed by atoms with E-state index in [2.05, 4.69) is 53.4 Å². The lowest BCUT2D eigenvalue weighted by atomic mass is 10.1. The van der Waals surface area contributed by atoms with Gasteiger partial charge >= 0.3 is 0 Å². The lowest BCUT2D eigenvalue weighted by Gasteiger charge is -2.23. The van der Waals surface area contributed by atoms with Crippen LogP contribution >= 0.6 is 27.3 Å². The Kier molecular flexibility index (Phi) is 5.64. The zero-order valence-electron chi connectivity index (χ0n) is 11.8. The van der Waals surface area contributed by atoms with Crippen molar-refractivity contribution < 1.29 is 4.74 Å². The van der Waals surface area contributed by atoms with Gasteiger partial charge in [-0.3, -0.25) is 0 Å². The number of benzene rings is 1. The van der Waals surface area contributed by atoms with Crippen LogP contribution in [0.3, 0.4) is 0 Å². The number of hydrogen-bond donors (Lipinski definition) is 1. The number of ether oxygens (including phenoxy) is 1. The second-order valence-electron chi connectivity index (χ2n) is 4.78. The molecule has 0 saturated heterocycles. The third-order valence-corrected chi connectivity index (χ3v) is 5.05. The van der Waals surface area contributed by atoms with Crippen LogP contribution in [0.15, 0.2) is 40.2 Å². The first kappa shape index (κ1) is 15.5. The predicted octanol–water partition coefficient (Wildman–Crippen LogP) is 4.93. The summed E-state index contributed by atoms with van der Waals surface area (Å²) in [5, 5.41) is 2.07. The summed E-state index contributed by atoms with van der Waals surface area (Å²) >= 11 is 5.17. The summed E-state index contributed by atoms with van der Waals surface area (Å²) < 4.78 is 7.25. The van der Waals surface area contributed by atoms with Gasteiger partial charge in [-0.2, -0.15) is 0 Å². The van der Waals surface area contributed by atoms with Crippen molar-refractivity contribution in [1.82, 2.24) is 0 Å². The maximum Gasteiger partial charge on any atom is 0.148 e. The first-order chi connectivity index (χ1) is 9.63. The van der Waals surface area contributed by atoms with Gasteiger partial charge in [-0.25, -0.2) is 0 Å². The van der Waals surface area contributed by atoms with E-state index >= 15 is 0 Å². The fourth-order valence-electron chi connectivity index (χ4n) is 2.03. The van der Waals surface area contributed by atoms with E-state index in [9.17, 15) is 0 Å². The summed E-state index contributed by atoms with van der Waals surface area (Å²) in [4.78, 5) is 1.16. The molecule has 0 saturated carbocycles. The van der Waals surface area contributed by atoms with E-state index in [1.165, 1.54) is 5.56 Å². The predicted molar refractivity (Wildman–Crippen MR) is 89.5 cm³/mol. The first-order valence-electron chi connectivity index (χ1n) is 6.89. The Bertz CT molecular complexity index is 555. The van der Waals surface area contributed by atoms with E-state index < -0.39 is 0 Å². The molecule has 0 bridgehead atoms. The lowest BCUT2D eigenvalue weighted by Crippen LogP contribution is -2.30. The van der Waals surface area contributed by atoms with Gasteiger partial charge < -0.3 is 10.5 Å². The van der Waals surface area contributed by atoms with E-state index in [1.54, 1.807) is 11.3 Å². The van der Waals surface area contributed by atoms with E-state index in [0.29, 0.717) is 0 Å². The molecule has 1 aromatic heterocycles. The first-order valence-corrected chi connectivity index (χ1v) is 8.56. The van der Waals surface area contributed by atoms with Gasteiger partial charge in [0.25, 0.3) is 0 Å². The number of nitrogens with two attached hydrogens (primary N) is 1. The van der Waals surface area contributed by atoms with Crippen molar-refractivity contribution in [2.45, 2.75) is 38.8 Å². The van der Waals surface area contributed by atoms with Crippen molar-refractivity contribution in [2.24, 2.45) is 5.73 Å².